The quantitative estimate of drug-likeness (QED) is 0.646. The van der Waals surface area contributed by atoms with Crippen LogP contribution in [0.3, 0.4) is 0 Å². The smallest absolute Gasteiger partial charge is 0.290 e. The largest absolute Gasteiger partial charge is 0.459 e. The highest BCUT2D eigenvalue weighted by molar-refractivity contribution is 7.88. The van der Waals surface area contributed by atoms with Gasteiger partial charge in [-0.3, -0.25) is 9.59 Å². The number of hydrogen-bond donors (Lipinski definition) is 2. The van der Waals surface area contributed by atoms with Gasteiger partial charge in [0.2, 0.25) is 15.9 Å². The lowest BCUT2D eigenvalue weighted by Crippen LogP contribution is -2.51. The molecule has 1 aliphatic heterocycles. The van der Waals surface area contributed by atoms with E-state index in [0.29, 0.717) is 18.5 Å². The molecule has 0 aliphatic carbocycles. The van der Waals surface area contributed by atoms with Gasteiger partial charge < -0.3 is 14.6 Å². The lowest BCUT2D eigenvalue weighted by atomic mass is 10.0. The second-order valence-electron chi connectivity index (χ2n) is 8.01. The third kappa shape index (κ3) is 6.18. The van der Waals surface area contributed by atoms with Crippen LogP contribution in [0.25, 0.3) is 0 Å². The molecule has 9 heteroatoms. The third-order valence-electron chi connectivity index (χ3n) is 5.13. The highest BCUT2D eigenvalue weighted by Crippen LogP contribution is 2.21. The molecule has 3 rings (SSSR count). The third-order valence-corrected chi connectivity index (χ3v) is 6.65. The monoisotopic (exact) mass is 447 g/mol. The Balaban J connectivity index is 1.68. The lowest BCUT2D eigenvalue weighted by molar-refractivity contribution is -0.126. The molecule has 2 amide bonds. The fourth-order valence-corrected chi connectivity index (χ4v) is 5.26. The van der Waals surface area contributed by atoms with Crippen LogP contribution in [0.4, 0.5) is 0 Å². The fraction of sp³-hybridized carbons (Fsp3) is 0.455. The maximum atomic E-state index is 12.9. The van der Waals surface area contributed by atoms with Gasteiger partial charge in [-0.2, -0.15) is 0 Å². The van der Waals surface area contributed by atoms with Crippen molar-refractivity contribution >= 4 is 21.8 Å². The number of nitrogens with one attached hydrogen (secondary N) is 2. The summed E-state index contributed by atoms with van der Waals surface area (Å²) in [5.74, 6) is -0.495. The molecule has 8 nitrogen and oxygen atoms in total. The first-order valence-corrected chi connectivity index (χ1v) is 12.1. The van der Waals surface area contributed by atoms with E-state index in [1.54, 1.807) is 55.1 Å². The van der Waals surface area contributed by atoms with E-state index in [1.807, 2.05) is 0 Å². The van der Waals surface area contributed by atoms with E-state index in [0.717, 1.165) is 18.4 Å². The van der Waals surface area contributed by atoms with Crippen LogP contribution in [0.2, 0.25) is 0 Å². The molecule has 1 unspecified atom stereocenters. The van der Waals surface area contributed by atoms with Gasteiger partial charge in [-0.1, -0.05) is 24.3 Å². The number of benzene rings is 1. The topological polar surface area (TPSA) is 109 Å². The van der Waals surface area contributed by atoms with Crippen LogP contribution in [-0.2, 0) is 27.1 Å². The van der Waals surface area contributed by atoms with Crippen molar-refractivity contribution in [1.82, 2.24) is 14.9 Å². The molecule has 31 heavy (non-hydrogen) atoms. The van der Waals surface area contributed by atoms with Gasteiger partial charge >= 0.3 is 0 Å². The Labute approximate surface area is 183 Å². The molecule has 0 spiro atoms. The molecular formula is C22H29N3O5S. The number of carbonyl (C=O) groups is 2. The van der Waals surface area contributed by atoms with E-state index in [4.69, 9.17) is 4.42 Å². The first-order valence-electron chi connectivity index (χ1n) is 10.5. The van der Waals surface area contributed by atoms with Gasteiger partial charge in [-0.15, -0.1) is 0 Å². The van der Waals surface area contributed by atoms with E-state index >= 15 is 0 Å². The van der Waals surface area contributed by atoms with Gasteiger partial charge in [-0.25, -0.2) is 13.1 Å². The summed E-state index contributed by atoms with van der Waals surface area (Å²) in [6, 6.07) is 9.59. The highest BCUT2D eigenvalue weighted by atomic mass is 32.2. The Hall–Kier alpha value is -2.65. The normalized spacial score (nSPS) is 17.0. The molecule has 2 N–H and O–H groups in total. The highest BCUT2D eigenvalue weighted by Gasteiger charge is 2.33. The predicted molar refractivity (Wildman–Crippen MR) is 117 cm³/mol. The molecule has 2 heterocycles. The lowest BCUT2D eigenvalue weighted by Gasteiger charge is -2.34. The summed E-state index contributed by atoms with van der Waals surface area (Å²) >= 11 is 0. The van der Waals surface area contributed by atoms with Crippen molar-refractivity contribution in [3.8, 4) is 0 Å². The first kappa shape index (κ1) is 23.0. The predicted octanol–water partition coefficient (Wildman–Crippen LogP) is 2.42. The van der Waals surface area contributed by atoms with Gasteiger partial charge in [0, 0.05) is 19.1 Å². The van der Waals surface area contributed by atoms with Crippen LogP contribution in [0, 0.1) is 0 Å². The van der Waals surface area contributed by atoms with E-state index in [2.05, 4.69) is 10.0 Å². The number of nitrogens with zero attached hydrogens (tertiary/aromatic N) is 1. The van der Waals surface area contributed by atoms with Gasteiger partial charge in [0.15, 0.2) is 5.76 Å². The summed E-state index contributed by atoms with van der Waals surface area (Å²) in [7, 11) is -3.49. The minimum atomic E-state index is -3.49. The molecular weight excluding hydrogens is 418 g/mol. The minimum absolute atomic E-state index is 0.163. The molecule has 2 aromatic rings. The number of rotatable bonds is 8. The average Bonchev–Trinajstić information content (AvgIpc) is 3.26. The van der Waals surface area contributed by atoms with Crippen LogP contribution >= 0.6 is 0 Å². The summed E-state index contributed by atoms with van der Waals surface area (Å²) in [5.41, 5.74) is 1.35. The minimum Gasteiger partial charge on any atom is -0.459 e. The maximum Gasteiger partial charge on any atom is 0.290 e. The zero-order chi connectivity index (χ0) is 22.4. The van der Waals surface area contributed by atoms with Crippen LogP contribution < -0.4 is 10.0 Å². The summed E-state index contributed by atoms with van der Waals surface area (Å²) in [6.07, 6.45) is 3.70. The van der Waals surface area contributed by atoms with E-state index in [9.17, 15) is 18.0 Å². The van der Waals surface area contributed by atoms with Gasteiger partial charge in [0.05, 0.1) is 12.0 Å². The van der Waals surface area contributed by atoms with Gasteiger partial charge in [0.25, 0.3) is 5.91 Å². The Kier molecular flexibility index (Phi) is 7.50. The van der Waals surface area contributed by atoms with E-state index in [-0.39, 0.29) is 35.9 Å². The van der Waals surface area contributed by atoms with Crippen LogP contribution in [-0.4, -0.2) is 43.8 Å². The number of sulfonamides is 1. The molecule has 1 fully saturated rings. The molecule has 0 bridgehead atoms. The van der Waals surface area contributed by atoms with Crippen molar-refractivity contribution in [1.29, 1.82) is 0 Å². The summed E-state index contributed by atoms with van der Waals surface area (Å²) in [5, 5.41) is 2.89. The number of likely N-dealkylation sites (tertiary alicyclic amines) is 1. The Morgan fingerprint density at radius 3 is 2.55 bits per heavy atom. The van der Waals surface area contributed by atoms with Crippen molar-refractivity contribution in [3.05, 3.63) is 59.5 Å². The number of hydrogen-bond acceptors (Lipinski definition) is 5. The zero-order valence-corrected chi connectivity index (χ0v) is 18.7. The summed E-state index contributed by atoms with van der Waals surface area (Å²) in [6.45, 7) is 4.21. The van der Waals surface area contributed by atoms with E-state index in [1.165, 1.54) is 6.26 Å². The second kappa shape index (κ2) is 10.1. The molecule has 0 saturated carbocycles. The number of carbonyl (C=O) groups excluding carboxylic acids is 2. The molecule has 0 radical (unpaired) electrons. The molecule has 168 valence electrons. The maximum absolute atomic E-state index is 12.9. The van der Waals surface area contributed by atoms with Gasteiger partial charge in [-0.05, 0) is 56.4 Å². The van der Waals surface area contributed by atoms with Gasteiger partial charge in [0.1, 0.15) is 6.04 Å². The number of piperidine rings is 1. The molecule has 1 aromatic heterocycles. The van der Waals surface area contributed by atoms with Crippen molar-refractivity contribution < 1.29 is 22.4 Å². The second-order valence-corrected chi connectivity index (χ2v) is 9.76. The molecule has 1 aliphatic rings. The number of furan rings is 1. The van der Waals surface area contributed by atoms with Crippen molar-refractivity contribution in [2.24, 2.45) is 0 Å². The van der Waals surface area contributed by atoms with Crippen molar-refractivity contribution in [3.63, 3.8) is 0 Å². The summed E-state index contributed by atoms with van der Waals surface area (Å²) < 4.78 is 32.4. The standard InChI is InChI=1S/C22H29N3O5S/c1-16(2)24-31(28,29)15-18-9-4-3-8-17(18)14-23-21(26)19-10-5-6-12-25(19)22(27)20-11-7-13-30-20/h3-4,7-9,11,13,16,19,24H,5-6,10,12,14-15H2,1-2H3,(H,23,26). The van der Waals surface area contributed by atoms with Crippen LogP contribution in [0.1, 0.15) is 54.8 Å². The van der Waals surface area contributed by atoms with Crippen LogP contribution in [0.5, 0.6) is 0 Å². The van der Waals surface area contributed by atoms with Crippen molar-refractivity contribution in [2.75, 3.05) is 6.54 Å². The first-order chi connectivity index (χ1) is 14.8. The molecule has 1 atom stereocenters. The Morgan fingerprint density at radius 2 is 1.87 bits per heavy atom. The van der Waals surface area contributed by atoms with Crippen molar-refractivity contribution in [2.45, 2.75) is 57.5 Å². The molecule has 1 saturated heterocycles. The Bertz CT molecular complexity index is 1000. The average molecular weight is 448 g/mol. The summed E-state index contributed by atoms with van der Waals surface area (Å²) in [4.78, 5) is 27.2. The fourth-order valence-electron chi connectivity index (χ4n) is 3.77. The number of amides is 2. The molecule has 1 aromatic carbocycles. The Morgan fingerprint density at radius 1 is 1.13 bits per heavy atom. The van der Waals surface area contributed by atoms with E-state index < -0.39 is 16.1 Å². The van der Waals surface area contributed by atoms with Crippen LogP contribution in [0.15, 0.2) is 47.1 Å². The SMILES string of the molecule is CC(C)NS(=O)(=O)Cc1ccccc1CNC(=O)C1CCCCN1C(=O)c1ccco1. The zero-order valence-electron chi connectivity index (χ0n) is 17.8.